The Labute approximate surface area is 119 Å². The van der Waals surface area contributed by atoms with Crippen molar-refractivity contribution in [3.63, 3.8) is 0 Å². The Kier molecular flexibility index (Phi) is 4.86. The highest BCUT2D eigenvalue weighted by molar-refractivity contribution is 5.78. The van der Waals surface area contributed by atoms with E-state index in [4.69, 9.17) is 4.74 Å². The zero-order chi connectivity index (χ0) is 14.7. The molecule has 1 N–H and O–H groups in total. The van der Waals surface area contributed by atoms with Gasteiger partial charge in [0.25, 0.3) is 0 Å². The molecule has 2 saturated heterocycles. The predicted octanol–water partition coefficient (Wildman–Crippen LogP) is 1.40. The average Bonchev–Trinajstić information content (AvgIpc) is 3.03. The average molecular weight is 284 g/mol. The molecule has 3 atom stereocenters. The fourth-order valence-electron chi connectivity index (χ4n) is 3.11. The van der Waals surface area contributed by atoms with E-state index in [1.54, 1.807) is 4.90 Å². The van der Waals surface area contributed by atoms with Crippen LogP contribution in [0.15, 0.2) is 0 Å². The molecule has 2 heterocycles. The molecular formula is C14H24N2O4. The van der Waals surface area contributed by atoms with E-state index in [0.29, 0.717) is 13.2 Å². The molecule has 2 amide bonds. The number of carbonyl (C=O) groups is 2. The topological polar surface area (TPSA) is 70.1 Å². The molecule has 2 fully saturated rings. The first-order valence-electron chi connectivity index (χ1n) is 7.44. The van der Waals surface area contributed by atoms with Crippen molar-refractivity contribution in [1.82, 2.24) is 9.80 Å². The number of urea groups is 1. The van der Waals surface area contributed by atoms with Gasteiger partial charge >= 0.3 is 12.0 Å². The Bertz CT molecular complexity index is 374. The van der Waals surface area contributed by atoms with Crippen molar-refractivity contribution in [3.05, 3.63) is 0 Å². The van der Waals surface area contributed by atoms with Gasteiger partial charge in [-0.25, -0.2) is 4.79 Å². The van der Waals surface area contributed by atoms with Crippen LogP contribution in [0.2, 0.25) is 0 Å². The number of carboxylic acids is 1. The summed E-state index contributed by atoms with van der Waals surface area (Å²) < 4.78 is 5.30. The number of hydrogen-bond acceptors (Lipinski definition) is 3. The molecule has 0 bridgehead atoms. The lowest BCUT2D eigenvalue weighted by molar-refractivity contribution is -0.142. The smallest absolute Gasteiger partial charge is 0.320 e. The third kappa shape index (κ3) is 2.90. The molecule has 0 aliphatic carbocycles. The highest BCUT2D eigenvalue weighted by atomic mass is 16.5. The standard InChI is InChI=1S/C14H24N2O4/c1-3-6-16(12-9-20-8-11(12)13(17)18)14(19)15-7-4-5-10(15)2/h10-12H,3-9H2,1-2H3,(H,17,18). The third-order valence-corrected chi connectivity index (χ3v) is 4.28. The highest BCUT2D eigenvalue weighted by Crippen LogP contribution is 2.25. The van der Waals surface area contributed by atoms with Crippen molar-refractivity contribution < 1.29 is 19.4 Å². The number of aliphatic carboxylic acids is 1. The lowest BCUT2D eigenvalue weighted by Crippen LogP contribution is -2.52. The van der Waals surface area contributed by atoms with Gasteiger partial charge in [-0.05, 0) is 26.2 Å². The van der Waals surface area contributed by atoms with Crippen LogP contribution in [0.25, 0.3) is 0 Å². The van der Waals surface area contributed by atoms with Crippen molar-refractivity contribution in [2.75, 3.05) is 26.3 Å². The zero-order valence-corrected chi connectivity index (χ0v) is 12.2. The normalized spacial score (nSPS) is 29.7. The number of ether oxygens (including phenoxy) is 1. The van der Waals surface area contributed by atoms with Gasteiger partial charge in [0.15, 0.2) is 0 Å². The second kappa shape index (κ2) is 6.43. The molecule has 0 saturated carbocycles. The summed E-state index contributed by atoms with van der Waals surface area (Å²) in [6, 6.07) is -0.126. The summed E-state index contributed by atoms with van der Waals surface area (Å²) in [5, 5.41) is 9.27. The number of carboxylic acid groups (broad SMARTS) is 1. The molecular weight excluding hydrogens is 260 g/mol. The van der Waals surface area contributed by atoms with Gasteiger partial charge in [0.1, 0.15) is 5.92 Å². The van der Waals surface area contributed by atoms with E-state index in [1.165, 1.54) is 0 Å². The van der Waals surface area contributed by atoms with Gasteiger partial charge in [0, 0.05) is 19.1 Å². The second-order valence-corrected chi connectivity index (χ2v) is 5.71. The molecule has 0 aromatic rings. The van der Waals surface area contributed by atoms with Gasteiger partial charge in [-0.15, -0.1) is 0 Å². The number of rotatable bonds is 4. The number of hydrogen-bond donors (Lipinski definition) is 1. The number of amides is 2. The monoisotopic (exact) mass is 284 g/mol. The van der Waals surface area contributed by atoms with Crippen LogP contribution in [0.1, 0.15) is 33.1 Å². The first kappa shape index (κ1) is 15.1. The fraction of sp³-hybridized carbons (Fsp3) is 0.857. The first-order chi connectivity index (χ1) is 9.56. The van der Waals surface area contributed by atoms with Gasteiger partial charge in [-0.1, -0.05) is 6.92 Å². The van der Waals surface area contributed by atoms with E-state index < -0.39 is 11.9 Å². The predicted molar refractivity (Wildman–Crippen MR) is 73.5 cm³/mol. The molecule has 0 spiro atoms. The van der Waals surface area contributed by atoms with Crippen LogP contribution in [0.3, 0.4) is 0 Å². The first-order valence-corrected chi connectivity index (χ1v) is 7.44. The molecule has 3 unspecified atom stereocenters. The summed E-state index contributed by atoms with van der Waals surface area (Å²) in [5.74, 6) is -1.49. The summed E-state index contributed by atoms with van der Waals surface area (Å²) in [7, 11) is 0. The van der Waals surface area contributed by atoms with Gasteiger partial charge < -0.3 is 19.6 Å². The maximum atomic E-state index is 12.7. The van der Waals surface area contributed by atoms with Gasteiger partial charge in [0.2, 0.25) is 0 Å². The van der Waals surface area contributed by atoms with Crippen molar-refractivity contribution in [1.29, 1.82) is 0 Å². The molecule has 2 rings (SSSR count). The van der Waals surface area contributed by atoms with Crippen LogP contribution >= 0.6 is 0 Å². The van der Waals surface area contributed by atoms with Gasteiger partial charge in [-0.2, -0.15) is 0 Å². The molecule has 20 heavy (non-hydrogen) atoms. The summed E-state index contributed by atoms with van der Waals surface area (Å²) in [6.45, 7) is 5.92. The van der Waals surface area contributed by atoms with Crippen molar-refractivity contribution in [3.8, 4) is 0 Å². The van der Waals surface area contributed by atoms with Crippen LogP contribution in [0.4, 0.5) is 4.79 Å². The lowest BCUT2D eigenvalue weighted by atomic mass is 10.0. The molecule has 6 nitrogen and oxygen atoms in total. The van der Waals surface area contributed by atoms with E-state index >= 15 is 0 Å². The van der Waals surface area contributed by atoms with E-state index in [1.807, 2.05) is 11.8 Å². The van der Waals surface area contributed by atoms with Crippen LogP contribution in [-0.2, 0) is 9.53 Å². The van der Waals surface area contributed by atoms with E-state index in [-0.39, 0.29) is 24.7 Å². The van der Waals surface area contributed by atoms with Crippen LogP contribution in [0.5, 0.6) is 0 Å². The Morgan fingerprint density at radius 3 is 2.70 bits per heavy atom. The SMILES string of the molecule is CCCN(C(=O)N1CCCC1C)C1COCC1C(=O)O. The molecule has 0 aromatic carbocycles. The zero-order valence-electron chi connectivity index (χ0n) is 12.2. The Hall–Kier alpha value is -1.30. The minimum absolute atomic E-state index is 0.0291. The molecule has 0 radical (unpaired) electrons. The lowest BCUT2D eigenvalue weighted by Gasteiger charge is -2.35. The molecule has 114 valence electrons. The summed E-state index contributed by atoms with van der Waals surface area (Å²) >= 11 is 0. The maximum absolute atomic E-state index is 12.7. The van der Waals surface area contributed by atoms with Crippen molar-refractivity contribution >= 4 is 12.0 Å². The molecule has 2 aliphatic heterocycles. The fourth-order valence-corrected chi connectivity index (χ4v) is 3.11. The molecule has 0 aromatic heterocycles. The number of likely N-dealkylation sites (tertiary alicyclic amines) is 1. The summed E-state index contributed by atoms with van der Waals surface area (Å²) in [5.41, 5.74) is 0. The molecule has 2 aliphatic rings. The van der Waals surface area contributed by atoms with Gasteiger partial charge in [-0.3, -0.25) is 4.79 Å². The van der Waals surface area contributed by atoms with Crippen LogP contribution in [0, 0.1) is 5.92 Å². The van der Waals surface area contributed by atoms with E-state index in [0.717, 1.165) is 25.8 Å². The van der Waals surface area contributed by atoms with Crippen molar-refractivity contribution in [2.24, 2.45) is 5.92 Å². The van der Waals surface area contributed by atoms with E-state index in [9.17, 15) is 14.7 Å². The largest absolute Gasteiger partial charge is 0.481 e. The summed E-state index contributed by atoms with van der Waals surface area (Å²) in [4.78, 5) is 27.6. The van der Waals surface area contributed by atoms with Crippen molar-refractivity contribution in [2.45, 2.75) is 45.2 Å². The van der Waals surface area contributed by atoms with Crippen LogP contribution < -0.4 is 0 Å². The van der Waals surface area contributed by atoms with Gasteiger partial charge in [0.05, 0.1) is 19.3 Å². The summed E-state index contributed by atoms with van der Waals surface area (Å²) in [6.07, 6.45) is 2.86. The Morgan fingerprint density at radius 2 is 2.15 bits per heavy atom. The van der Waals surface area contributed by atoms with Crippen LogP contribution in [-0.4, -0.2) is 65.3 Å². The minimum Gasteiger partial charge on any atom is -0.481 e. The molecule has 6 heteroatoms. The number of nitrogens with zero attached hydrogens (tertiary/aromatic N) is 2. The number of carbonyl (C=O) groups excluding carboxylic acids is 1. The third-order valence-electron chi connectivity index (χ3n) is 4.28. The Morgan fingerprint density at radius 1 is 1.40 bits per heavy atom. The second-order valence-electron chi connectivity index (χ2n) is 5.71. The quantitative estimate of drug-likeness (QED) is 0.847. The maximum Gasteiger partial charge on any atom is 0.320 e. The Balaban J connectivity index is 2.13. The highest BCUT2D eigenvalue weighted by Gasteiger charge is 2.41. The minimum atomic E-state index is -0.879. The van der Waals surface area contributed by atoms with E-state index in [2.05, 4.69) is 6.92 Å².